The molecule has 0 radical (unpaired) electrons. The Morgan fingerprint density at radius 2 is 1.69 bits per heavy atom. The molecule has 140 valence electrons. The smallest absolute Gasteiger partial charge is 0.261 e. The highest BCUT2D eigenvalue weighted by Gasteiger charge is 2.42. The number of hydrogen-bond acceptors (Lipinski definition) is 3. The number of hydrogen-bond donors (Lipinski definition) is 1. The van der Waals surface area contributed by atoms with Gasteiger partial charge in [-0.05, 0) is 48.9 Å². The molecule has 3 unspecified atom stereocenters. The molecule has 4 rings (SSSR count). The molecular formula is C21H27NO3S. The van der Waals surface area contributed by atoms with Gasteiger partial charge in [-0.25, -0.2) is 0 Å². The van der Waals surface area contributed by atoms with Crippen molar-refractivity contribution in [2.24, 2.45) is 5.92 Å². The summed E-state index contributed by atoms with van der Waals surface area (Å²) < 4.78 is 25.9. The summed E-state index contributed by atoms with van der Waals surface area (Å²) in [4.78, 5) is 2.60. The summed E-state index contributed by atoms with van der Waals surface area (Å²) in [6.07, 6.45) is 4.52. The van der Waals surface area contributed by atoms with Gasteiger partial charge >= 0.3 is 0 Å². The molecule has 0 aromatic heterocycles. The SMILES string of the molecule is CN1CC2c3ccccc3CCC2C1Cc1ccccc1.CS(=O)(=O)O. The molecule has 0 amide bonds. The van der Waals surface area contributed by atoms with Gasteiger partial charge in [-0.2, -0.15) is 8.42 Å². The van der Waals surface area contributed by atoms with Crippen LogP contribution in [0.25, 0.3) is 0 Å². The second-order valence-electron chi connectivity index (χ2n) is 7.44. The zero-order valence-electron chi connectivity index (χ0n) is 15.4. The molecule has 26 heavy (non-hydrogen) atoms. The van der Waals surface area contributed by atoms with Crippen molar-refractivity contribution in [3.8, 4) is 0 Å². The Morgan fingerprint density at radius 3 is 2.38 bits per heavy atom. The van der Waals surface area contributed by atoms with Crippen molar-refractivity contribution in [1.29, 1.82) is 0 Å². The molecule has 0 bridgehead atoms. The van der Waals surface area contributed by atoms with Crippen LogP contribution in [0.4, 0.5) is 0 Å². The average molecular weight is 374 g/mol. The maximum atomic E-state index is 9.19. The lowest BCUT2D eigenvalue weighted by Crippen LogP contribution is -2.32. The molecule has 0 saturated carbocycles. The van der Waals surface area contributed by atoms with Gasteiger partial charge in [0.2, 0.25) is 0 Å². The molecular weight excluding hydrogens is 346 g/mol. The van der Waals surface area contributed by atoms with Gasteiger partial charge in [0.15, 0.2) is 0 Å². The largest absolute Gasteiger partial charge is 0.302 e. The van der Waals surface area contributed by atoms with Gasteiger partial charge in [0, 0.05) is 18.5 Å². The number of fused-ring (bicyclic) bond motifs is 3. The maximum absolute atomic E-state index is 9.19. The third-order valence-electron chi connectivity index (χ3n) is 5.55. The third-order valence-corrected chi connectivity index (χ3v) is 5.55. The van der Waals surface area contributed by atoms with Crippen LogP contribution >= 0.6 is 0 Å². The van der Waals surface area contributed by atoms with Crippen molar-refractivity contribution in [3.63, 3.8) is 0 Å². The average Bonchev–Trinajstić information content (AvgIpc) is 2.91. The van der Waals surface area contributed by atoms with Gasteiger partial charge in [-0.15, -0.1) is 0 Å². The molecule has 1 saturated heterocycles. The Morgan fingerprint density at radius 1 is 1.08 bits per heavy atom. The summed E-state index contributed by atoms with van der Waals surface area (Å²) >= 11 is 0. The van der Waals surface area contributed by atoms with E-state index >= 15 is 0 Å². The van der Waals surface area contributed by atoms with Crippen molar-refractivity contribution in [1.82, 2.24) is 4.90 Å². The molecule has 3 atom stereocenters. The lowest BCUT2D eigenvalue weighted by atomic mass is 9.74. The summed E-state index contributed by atoms with van der Waals surface area (Å²) in [5.41, 5.74) is 4.69. The maximum Gasteiger partial charge on any atom is 0.261 e. The minimum atomic E-state index is -3.67. The Balaban J connectivity index is 0.000000349. The van der Waals surface area contributed by atoms with Crippen molar-refractivity contribution < 1.29 is 13.0 Å². The predicted octanol–water partition coefficient (Wildman–Crippen LogP) is 3.39. The Kier molecular flexibility index (Phi) is 5.80. The fraction of sp³-hybridized carbons (Fsp3) is 0.429. The standard InChI is InChI=1S/C20H23N.CH4O3S/c1-21-14-19-17-10-6-5-9-16(17)11-12-18(19)20(21)13-15-7-3-2-4-8-15;1-5(2,3)4/h2-10,18-20H,11-14H2,1H3;1H3,(H,2,3,4). The minimum Gasteiger partial charge on any atom is -0.302 e. The van der Waals surface area contributed by atoms with E-state index in [-0.39, 0.29) is 0 Å². The van der Waals surface area contributed by atoms with Crippen molar-refractivity contribution in [2.75, 3.05) is 19.8 Å². The topological polar surface area (TPSA) is 57.6 Å². The lowest BCUT2D eigenvalue weighted by Gasteiger charge is -2.31. The number of rotatable bonds is 2. The van der Waals surface area contributed by atoms with Crippen LogP contribution in [0.3, 0.4) is 0 Å². The Bertz CT molecular complexity index is 827. The minimum absolute atomic E-state index is 0.700. The number of benzene rings is 2. The van der Waals surface area contributed by atoms with Gasteiger partial charge in [0.25, 0.3) is 10.1 Å². The summed E-state index contributed by atoms with van der Waals surface area (Å²) in [5, 5.41) is 0. The van der Waals surface area contributed by atoms with Gasteiger partial charge in [0.05, 0.1) is 6.26 Å². The first kappa shape index (κ1) is 19.1. The molecule has 2 aromatic carbocycles. The lowest BCUT2D eigenvalue weighted by molar-refractivity contribution is 0.259. The van der Waals surface area contributed by atoms with E-state index < -0.39 is 10.1 Å². The highest BCUT2D eigenvalue weighted by atomic mass is 32.2. The predicted molar refractivity (Wildman–Crippen MR) is 105 cm³/mol. The van der Waals surface area contributed by atoms with Gasteiger partial charge in [-0.3, -0.25) is 4.55 Å². The Labute approximate surface area is 156 Å². The van der Waals surface area contributed by atoms with Gasteiger partial charge in [0.1, 0.15) is 0 Å². The van der Waals surface area contributed by atoms with Crippen LogP contribution in [0, 0.1) is 5.92 Å². The first-order valence-corrected chi connectivity index (χ1v) is 10.9. The van der Waals surface area contributed by atoms with Crippen molar-refractivity contribution in [3.05, 3.63) is 71.3 Å². The van der Waals surface area contributed by atoms with Crippen LogP contribution in [0.15, 0.2) is 54.6 Å². The fourth-order valence-electron chi connectivity index (χ4n) is 4.51. The first-order valence-electron chi connectivity index (χ1n) is 9.07. The van der Waals surface area contributed by atoms with Crippen LogP contribution in [0.5, 0.6) is 0 Å². The van der Waals surface area contributed by atoms with Crippen molar-refractivity contribution >= 4 is 10.1 Å². The molecule has 2 aromatic rings. The van der Waals surface area contributed by atoms with E-state index in [1.807, 2.05) is 0 Å². The second-order valence-corrected chi connectivity index (χ2v) is 8.90. The molecule has 2 aliphatic rings. The normalized spacial score (nSPS) is 25.0. The number of aryl methyl sites for hydroxylation is 1. The van der Waals surface area contributed by atoms with Gasteiger partial charge in [-0.1, -0.05) is 54.6 Å². The molecule has 0 spiro atoms. The summed E-state index contributed by atoms with van der Waals surface area (Å²) in [6.45, 7) is 1.22. The van der Waals surface area contributed by atoms with Crippen LogP contribution in [-0.4, -0.2) is 43.8 Å². The van der Waals surface area contributed by atoms with Crippen LogP contribution in [0.2, 0.25) is 0 Å². The van der Waals surface area contributed by atoms with Gasteiger partial charge < -0.3 is 4.90 Å². The molecule has 1 N–H and O–H groups in total. The molecule has 1 aliphatic heterocycles. The molecule has 4 nitrogen and oxygen atoms in total. The zero-order valence-corrected chi connectivity index (χ0v) is 16.2. The van der Waals surface area contributed by atoms with Crippen molar-refractivity contribution in [2.45, 2.75) is 31.2 Å². The molecule has 1 heterocycles. The van der Waals surface area contributed by atoms with E-state index in [0.29, 0.717) is 12.3 Å². The second kappa shape index (κ2) is 7.91. The molecule has 1 aliphatic carbocycles. The van der Waals surface area contributed by atoms with Crippen LogP contribution in [0.1, 0.15) is 29.0 Å². The van der Waals surface area contributed by atoms with E-state index in [2.05, 4.69) is 66.5 Å². The third kappa shape index (κ3) is 4.72. The molecule has 1 fully saturated rings. The fourth-order valence-corrected chi connectivity index (χ4v) is 4.51. The van der Waals surface area contributed by atoms with E-state index in [1.165, 1.54) is 31.4 Å². The highest BCUT2D eigenvalue weighted by Crippen LogP contribution is 2.45. The number of likely N-dealkylation sites (tertiary alicyclic amines) is 1. The zero-order chi connectivity index (χ0) is 18.7. The Hall–Kier alpha value is -1.69. The summed E-state index contributed by atoms with van der Waals surface area (Å²) in [7, 11) is -1.35. The quantitative estimate of drug-likeness (QED) is 0.820. The van der Waals surface area contributed by atoms with E-state index in [4.69, 9.17) is 4.55 Å². The first-order chi connectivity index (χ1) is 12.3. The van der Waals surface area contributed by atoms with Crippen LogP contribution < -0.4 is 0 Å². The molecule has 5 heteroatoms. The number of nitrogens with zero attached hydrogens (tertiary/aromatic N) is 1. The van der Waals surface area contributed by atoms with E-state index in [1.54, 1.807) is 11.1 Å². The summed E-state index contributed by atoms with van der Waals surface area (Å²) in [5.74, 6) is 1.57. The van der Waals surface area contributed by atoms with Crippen LogP contribution in [-0.2, 0) is 23.0 Å². The van der Waals surface area contributed by atoms with E-state index in [0.717, 1.165) is 11.8 Å². The number of likely N-dealkylation sites (N-methyl/N-ethyl adjacent to an activating group) is 1. The monoisotopic (exact) mass is 373 g/mol. The highest BCUT2D eigenvalue weighted by molar-refractivity contribution is 7.85. The van der Waals surface area contributed by atoms with E-state index in [9.17, 15) is 8.42 Å². The summed E-state index contributed by atoms with van der Waals surface area (Å²) in [6, 6.07) is 20.8.